The number of hydrogen-bond donors (Lipinski definition) is 2. The van der Waals surface area contributed by atoms with E-state index in [4.69, 9.17) is 4.74 Å². The van der Waals surface area contributed by atoms with Crippen molar-refractivity contribution in [2.45, 2.75) is 131 Å². The minimum Gasteiger partial charge on any atom is -0.435 e. The number of ether oxygens (including phenoxy) is 1. The zero-order valence-electron chi connectivity index (χ0n) is 30.2. The lowest BCUT2D eigenvalue weighted by Gasteiger charge is -2.46. The van der Waals surface area contributed by atoms with Crippen molar-refractivity contribution in [1.29, 1.82) is 0 Å². The molecule has 13 nitrogen and oxygen atoms in total. The molecule has 6 atom stereocenters. The van der Waals surface area contributed by atoms with Crippen LogP contribution in [0.2, 0.25) is 0 Å². The predicted molar refractivity (Wildman–Crippen MR) is 177 cm³/mol. The first-order valence-corrected chi connectivity index (χ1v) is 17.1. The molecule has 2 N–H and O–H groups in total. The first-order valence-electron chi connectivity index (χ1n) is 17.1. The quantitative estimate of drug-likeness (QED) is 0.0954. The Bertz CT molecular complexity index is 1390. The molecular formula is C36H52N2O11. The average Bonchev–Trinajstić information content (AvgIpc) is 3.12. The number of carbonyl (C=O) groups is 8. The molecule has 1 aromatic rings. The number of esters is 1. The summed E-state index contributed by atoms with van der Waals surface area (Å²) in [7, 11) is 0. The van der Waals surface area contributed by atoms with Crippen molar-refractivity contribution in [3.63, 3.8) is 0 Å². The molecule has 0 saturated carbocycles. The molecule has 0 aliphatic heterocycles. The van der Waals surface area contributed by atoms with Crippen molar-refractivity contribution in [3.05, 3.63) is 23.8 Å². The van der Waals surface area contributed by atoms with E-state index in [1.807, 2.05) is 0 Å². The highest BCUT2D eigenvalue weighted by Crippen LogP contribution is 2.50. The second-order valence-corrected chi connectivity index (χ2v) is 11.9. The molecule has 13 heteroatoms. The third-order valence-corrected chi connectivity index (χ3v) is 9.39. The van der Waals surface area contributed by atoms with Gasteiger partial charge >= 0.3 is 5.97 Å². The zero-order valence-corrected chi connectivity index (χ0v) is 30.2. The van der Waals surface area contributed by atoms with E-state index in [9.17, 15) is 48.6 Å². The van der Waals surface area contributed by atoms with Crippen molar-refractivity contribution >= 4 is 46.5 Å². The maximum atomic E-state index is 13.9. The van der Waals surface area contributed by atoms with Crippen LogP contribution in [0.15, 0.2) is 12.4 Å². The van der Waals surface area contributed by atoms with E-state index >= 15 is 0 Å². The van der Waals surface area contributed by atoms with Crippen LogP contribution in [0, 0.1) is 23.2 Å². The molecular weight excluding hydrogens is 636 g/mol. The van der Waals surface area contributed by atoms with Crippen LogP contribution in [-0.2, 0) is 48.7 Å². The normalized spacial score (nSPS) is 15.9. The van der Waals surface area contributed by atoms with Crippen LogP contribution in [0.4, 0.5) is 0 Å². The second kappa shape index (κ2) is 18.8. The number of carbonyl (C=O) groups excluding carboxylic acids is 8. The van der Waals surface area contributed by atoms with E-state index in [2.05, 4.69) is 9.97 Å². The van der Waals surface area contributed by atoms with Crippen LogP contribution in [0.1, 0.15) is 131 Å². The Morgan fingerprint density at radius 1 is 0.633 bits per heavy atom. The number of aromatic nitrogens is 2. The molecule has 0 aromatic carbocycles. The van der Waals surface area contributed by atoms with Gasteiger partial charge in [0.1, 0.15) is 28.5 Å². The van der Waals surface area contributed by atoms with E-state index in [0.717, 1.165) is 12.4 Å². The lowest BCUT2D eigenvalue weighted by Crippen LogP contribution is -2.64. The van der Waals surface area contributed by atoms with Gasteiger partial charge in [-0.1, -0.05) is 62.3 Å². The van der Waals surface area contributed by atoms with E-state index in [1.165, 1.54) is 62.3 Å². The van der Waals surface area contributed by atoms with Gasteiger partial charge in [-0.3, -0.25) is 48.3 Å². The van der Waals surface area contributed by atoms with Crippen LogP contribution < -0.4 is 0 Å². The highest BCUT2D eigenvalue weighted by molar-refractivity contribution is 6.16. The van der Waals surface area contributed by atoms with Gasteiger partial charge in [0.25, 0.3) is 0 Å². The fourth-order valence-corrected chi connectivity index (χ4v) is 6.63. The third-order valence-electron chi connectivity index (χ3n) is 9.39. The molecule has 0 fully saturated rings. The van der Waals surface area contributed by atoms with Gasteiger partial charge in [-0.05, 0) is 0 Å². The fraction of sp³-hybridized carbons (Fsp3) is 0.667. The standard InChI is InChI=1S/C36H52N2O11/c1-10-22(39)20(9)35(27(43)14-5,28(44)15-6)36(48,29(45)16-7)26-19-37-21(18-38-26)31(23(40)11-2)32(24(41)12-3)33(25(42)13-4)34(47)49-30(46)17-8/h18-20,31-34,47-48H,10-17H2,1-9H3. The van der Waals surface area contributed by atoms with Crippen LogP contribution in [0.3, 0.4) is 0 Å². The van der Waals surface area contributed by atoms with Crippen molar-refractivity contribution in [3.8, 4) is 0 Å². The van der Waals surface area contributed by atoms with Gasteiger partial charge in [-0.2, -0.15) is 0 Å². The number of aliphatic hydroxyl groups excluding tert-OH is 1. The van der Waals surface area contributed by atoms with Crippen LogP contribution in [0.25, 0.3) is 0 Å². The summed E-state index contributed by atoms with van der Waals surface area (Å²) in [5, 5.41) is 23.4. The van der Waals surface area contributed by atoms with E-state index < -0.39 is 93.1 Å². The first-order chi connectivity index (χ1) is 23.0. The summed E-state index contributed by atoms with van der Waals surface area (Å²) in [6, 6.07) is 0. The maximum Gasteiger partial charge on any atom is 0.307 e. The molecule has 6 unspecified atom stereocenters. The Labute approximate surface area is 288 Å². The molecule has 272 valence electrons. The van der Waals surface area contributed by atoms with Gasteiger partial charge in [0.15, 0.2) is 23.0 Å². The van der Waals surface area contributed by atoms with Crippen LogP contribution in [-0.4, -0.2) is 72.9 Å². The topological polar surface area (TPSA) is 212 Å². The molecule has 1 heterocycles. The highest BCUT2D eigenvalue weighted by Gasteiger charge is 2.67. The van der Waals surface area contributed by atoms with Gasteiger partial charge in [-0.25, -0.2) is 0 Å². The van der Waals surface area contributed by atoms with E-state index in [1.54, 1.807) is 0 Å². The van der Waals surface area contributed by atoms with E-state index in [-0.39, 0.29) is 57.1 Å². The molecule has 0 radical (unpaired) electrons. The number of Topliss-reactive ketones (excluding diaryl/α,β-unsaturated/α-hetero) is 7. The number of ketones is 7. The third kappa shape index (κ3) is 8.31. The van der Waals surface area contributed by atoms with Gasteiger partial charge in [-0.15, -0.1) is 0 Å². The van der Waals surface area contributed by atoms with Crippen molar-refractivity contribution < 1.29 is 53.3 Å². The zero-order chi connectivity index (χ0) is 37.9. The van der Waals surface area contributed by atoms with Crippen LogP contribution in [0.5, 0.6) is 0 Å². The smallest absolute Gasteiger partial charge is 0.307 e. The summed E-state index contributed by atoms with van der Waals surface area (Å²) in [5.74, 6) is -12.0. The number of hydrogen-bond acceptors (Lipinski definition) is 13. The highest BCUT2D eigenvalue weighted by atomic mass is 16.6. The molecule has 0 saturated heterocycles. The monoisotopic (exact) mass is 688 g/mol. The Hall–Kier alpha value is -3.84. The minimum absolute atomic E-state index is 0.0946. The Balaban J connectivity index is 4.26. The summed E-state index contributed by atoms with van der Waals surface area (Å²) in [6.07, 6.45) is -1.82. The van der Waals surface area contributed by atoms with E-state index in [0.29, 0.717) is 0 Å². The second-order valence-electron chi connectivity index (χ2n) is 11.9. The Morgan fingerprint density at radius 3 is 1.49 bits per heavy atom. The lowest BCUT2D eigenvalue weighted by atomic mass is 9.54. The Morgan fingerprint density at radius 2 is 1.10 bits per heavy atom. The largest absolute Gasteiger partial charge is 0.435 e. The van der Waals surface area contributed by atoms with Crippen molar-refractivity contribution in [2.75, 3.05) is 0 Å². The average molecular weight is 689 g/mol. The number of nitrogens with zero attached hydrogens (tertiary/aromatic N) is 2. The Kier molecular flexibility index (Phi) is 16.6. The number of aliphatic hydroxyl groups is 2. The molecule has 0 amide bonds. The first kappa shape index (κ1) is 43.2. The van der Waals surface area contributed by atoms with Crippen molar-refractivity contribution in [2.24, 2.45) is 23.2 Å². The molecule has 0 bridgehead atoms. The van der Waals surface area contributed by atoms with Gasteiger partial charge < -0.3 is 14.9 Å². The maximum absolute atomic E-state index is 13.9. The summed E-state index contributed by atoms with van der Waals surface area (Å²) in [4.78, 5) is 116. The van der Waals surface area contributed by atoms with Gasteiger partial charge in [0.05, 0.1) is 29.4 Å². The number of rotatable bonds is 23. The summed E-state index contributed by atoms with van der Waals surface area (Å²) in [6.45, 7) is 13.1. The molecule has 0 aliphatic carbocycles. The molecule has 49 heavy (non-hydrogen) atoms. The van der Waals surface area contributed by atoms with Gasteiger partial charge in [0.2, 0.25) is 6.29 Å². The molecule has 1 aromatic heterocycles. The SMILES string of the molecule is CCC(=O)OC(O)C(C(=O)CC)C(C(=O)CC)C(C(=O)CC)c1cnc(C(O)(C(=O)CC)C(C(=O)CC)(C(=O)CC)C(C)C(=O)CC)cn1. The van der Waals surface area contributed by atoms with Gasteiger partial charge in [0, 0.05) is 69.4 Å². The fourth-order valence-electron chi connectivity index (χ4n) is 6.63. The van der Waals surface area contributed by atoms with Crippen LogP contribution >= 0.6 is 0 Å². The summed E-state index contributed by atoms with van der Waals surface area (Å²) in [5.41, 5.74) is -6.21. The molecule has 0 spiro atoms. The molecule has 0 aliphatic rings. The summed E-state index contributed by atoms with van der Waals surface area (Å²) >= 11 is 0. The molecule has 1 rings (SSSR count). The van der Waals surface area contributed by atoms with Crippen molar-refractivity contribution in [1.82, 2.24) is 9.97 Å². The minimum atomic E-state index is -2.95. The lowest BCUT2D eigenvalue weighted by molar-refractivity contribution is -0.184. The predicted octanol–water partition coefficient (Wildman–Crippen LogP) is 3.73. The summed E-state index contributed by atoms with van der Waals surface area (Å²) < 4.78 is 5.05.